The Kier molecular flexibility index (Phi) is 10.2. The molecule has 27 heavy (non-hydrogen) atoms. The average molecular weight is 507 g/mol. The standard InChI is InChI=1S/C19H34N6S.HI/c1-3-26-16-11-10-15(14-16)22-19(20-2)21-12-7-9-18-24-23-17-8-5-4-6-13-25(17)18;/h15-16H,3-14H2,1-2H3,(H2,20,21,22);1H. The number of aliphatic imine (C=N–C) groups is 1. The molecule has 1 fully saturated rings. The summed E-state index contributed by atoms with van der Waals surface area (Å²) in [6.45, 7) is 4.26. The Morgan fingerprint density at radius 3 is 2.96 bits per heavy atom. The first-order chi connectivity index (χ1) is 12.8. The summed E-state index contributed by atoms with van der Waals surface area (Å²) in [5.74, 6) is 4.50. The molecule has 2 atom stereocenters. The minimum absolute atomic E-state index is 0. The van der Waals surface area contributed by atoms with E-state index in [1.165, 1.54) is 50.1 Å². The molecule has 154 valence electrons. The molecule has 0 bridgehead atoms. The lowest BCUT2D eigenvalue weighted by Crippen LogP contribution is -2.43. The van der Waals surface area contributed by atoms with Crippen LogP contribution in [-0.2, 0) is 19.4 Å². The zero-order chi connectivity index (χ0) is 18.2. The van der Waals surface area contributed by atoms with Crippen molar-refractivity contribution in [1.29, 1.82) is 0 Å². The van der Waals surface area contributed by atoms with E-state index in [0.717, 1.165) is 49.4 Å². The van der Waals surface area contributed by atoms with Gasteiger partial charge in [0.05, 0.1) is 0 Å². The molecule has 2 aliphatic rings. The van der Waals surface area contributed by atoms with E-state index in [4.69, 9.17) is 0 Å². The number of hydrogen-bond acceptors (Lipinski definition) is 4. The summed E-state index contributed by atoms with van der Waals surface area (Å²) in [6.07, 6.45) is 10.8. The van der Waals surface area contributed by atoms with Crippen molar-refractivity contribution in [2.24, 2.45) is 4.99 Å². The van der Waals surface area contributed by atoms with Crippen LogP contribution in [0.25, 0.3) is 0 Å². The molecule has 0 radical (unpaired) electrons. The largest absolute Gasteiger partial charge is 0.356 e. The Hall–Kier alpha value is -0.510. The van der Waals surface area contributed by atoms with Gasteiger partial charge in [-0.25, -0.2) is 0 Å². The first-order valence-electron chi connectivity index (χ1n) is 10.3. The topological polar surface area (TPSA) is 67.1 Å². The second-order valence-corrected chi connectivity index (χ2v) is 8.91. The number of aromatic nitrogens is 3. The van der Waals surface area contributed by atoms with Crippen LogP contribution in [0, 0.1) is 0 Å². The summed E-state index contributed by atoms with van der Waals surface area (Å²) < 4.78 is 2.35. The van der Waals surface area contributed by atoms with E-state index in [-0.39, 0.29) is 24.0 Å². The van der Waals surface area contributed by atoms with Crippen molar-refractivity contribution >= 4 is 41.7 Å². The molecule has 2 N–H and O–H groups in total. The number of guanidine groups is 1. The fraction of sp³-hybridized carbons (Fsp3) is 0.842. The number of thioether (sulfide) groups is 1. The highest BCUT2D eigenvalue weighted by Crippen LogP contribution is 2.29. The summed E-state index contributed by atoms with van der Waals surface area (Å²) in [6, 6.07) is 0.567. The Labute approximate surface area is 185 Å². The zero-order valence-corrected chi connectivity index (χ0v) is 19.9. The van der Waals surface area contributed by atoms with E-state index in [9.17, 15) is 0 Å². The summed E-state index contributed by atoms with van der Waals surface area (Å²) >= 11 is 2.09. The van der Waals surface area contributed by atoms with Gasteiger partial charge in [0, 0.05) is 44.3 Å². The maximum atomic E-state index is 4.42. The van der Waals surface area contributed by atoms with Crippen LogP contribution in [-0.4, -0.2) is 51.4 Å². The first-order valence-corrected chi connectivity index (χ1v) is 11.3. The minimum atomic E-state index is 0. The van der Waals surface area contributed by atoms with Gasteiger partial charge in [0.1, 0.15) is 11.6 Å². The molecule has 0 saturated heterocycles. The summed E-state index contributed by atoms with van der Waals surface area (Å²) in [4.78, 5) is 4.39. The molecule has 0 aromatic carbocycles. The molecule has 0 spiro atoms. The van der Waals surface area contributed by atoms with E-state index in [0.29, 0.717) is 6.04 Å². The van der Waals surface area contributed by atoms with E-state index in [1.807, 2.05) is 7.05 Å². The minimum Gasteiger partial charge on any atom is -0.356 e. The van der Waals surface area contributed by atoms with Crippen LogP contribution in [0.2, 0.25) is 0 Å². The lowest BCUT2D eigenvalue weighted by atomic mass is 10.2. The predicted molar refractivity (Wildman–Crippen MR) is 125 cm³/mol. The van der Waals surface area contributed by atoms with E-state index in [2.05, 4.69) is 49.1 Å². The van der Waals surface area contributed by atoms with Crippen LogP contribution >= 0.6 is 35.7 Å². The molecule has 2 heterocycles. The second-order valence-electron chi connectivity index (χ2n) is 7.33. The van der Waals surface area contributed by atoms with Gasteiger partial charge in [0.2, 0.25) is 0 Å². The third-order valence-electron chi connectivity index (χ3n) is 5.41. The predicted octanol–water partition coefficient (Wildman–Crippen LogP) is 3.39. The number of nitrogens with one attached hydrogen (secondary N) is 2. The number of rotatable bonds is 7. The number of aryl methyl sites for hydroxylation is 2. The highest BCUT2D eigenvalue weighted by atomic mass is 127. The molecule has 1 aliphatic heterocycles. The monoisotopic (exact) mass is 506 g/mol. The normalized spacial score (nSPS) is 22.7. The van der Waals surface area contributed by atoms with Crippen molar-refractivity contribution in [2.75, 3.05) is 19.3 Å². The lowest BCUT2D eigenvalue weighted by Gasteiger charge is -2.17. The van der Waals surface area contributed by atoms with Gasteiger partial charge in [0.25, 0.3) is 0 Å². The first kappa shape index (κ1) is 22.8. The molecule has 1 aliphatic carbocycles. The van der Waals surface area contributed by atoms with Gasteiger partial charge in [-0.3, -0.25) is 4.99 Å². The Morgan fingerprint density at radius 1 is 1.26 bits per heavy atom. The van der Waals surface area contributed by atoms with Gasteiger partial charge in [0.15, 0.2) is 5.96 Å². The quantitative estimate of drug-likeness (QED) is 0.257. The van der Waals surface area contributed by atoms with Crippen LogP contribution in [0.5, 0.6) is 0 Å². The van der Waals surface area contributed by atoms with Crippen LogP contribution in [0.4, 0.5) is 0 Å². The van der Waals surface area contributed by atoms with Crippen LogP contribution in [0.15, 0.2) is 4.99 Å². The molecule has 2 unspecified atom stereocenters. The van der Waals surface area contributed by atoms with Gasteiger partial charge < -0.3 is 15.2 Å². The highest BCUT2D eigenvalue weighted by molar-refractivity contribution is 14.0. The molecule has 6 nitrogen and oxygen atoms in total. The van der Waals surface area contributed by atoms with Crippen molar-refractivity contribution in [1.82, 2.24) is 25.4 Å². The summed E-state index contributed by atoms with van der Waals surface area (Å²) in [5, 5.41) is 16.7. The molecular formula is C19H35IN6S. The van der Waals surface area contributed by atoms with Crippen LogP contribution in [0.1, 0.15) is 63.5 Å². The SMILES string of the molecule is CCSC1CCC(NC(=NC)NCCCc2nnc3n2CCCCC3)C1.I. The third-order valence-corrected chi connectivity index (χ3v) is 6.64. The average Bonchev–Trinajstić information content (AvgIpc) is 3.17. The van der Waals surface area contributed by atoms with E-state index in [1.54, 1.807) is 0 Å². The third kappa shape index (κ3) is 6.80. The van der Waals surface area contributed by atoms with Gasteiger partial charge >= 0.3 is 0 Å². The Balaban J connectivity index is 0.00000261. The summed E-state index contributed by atoms with van der Waals surface area (Å²) in [7, 11) is 1.86. The van der Waals surface area contributed by atoms with Crippen molar-refractivity contribution in [3.05, 3.63) is 11.6 Å². The number of hydrogen-bond donors (Lipinski definition) is 2. The molecule has 0 amide bonds. The number of nitrogens with zero attached hydrogens (tertiary/aromatic N) is 4. The smallest absolute Gasteiger partial charge is 0.191 e. The van der Waals surface area contributed by atoms with Crippen molar-refractivity contribution in [3.63, 3.8) is 0 Å². The van der Waals surface area contributed by atoms with Gasteiger partial charge in [-0.05, 0) is 44.3 Å². The van der Waals surface area contributed by atoms with E-state index >= 15 is 0 Å². The molecule has 1 saturated carbocycles. The van der Waals surface area contributed by atoms with Gasteiger partial charge in [-0.1, -0.05) is 13.3 Å². The fourth-order valence-electron chi connectivity index (χ4n) is 4.03. The van der Waals surface area contributed by atoms with Crippen LogP contribution < -0.4 is 10.6 Å². The van der Waals surface area contributed by atoms with Crippen molar-refractivity contribution < 1.29 is 0 Å². The molecule has 1 aromatic rings. The fourth-order valence-corrected chi connectivity index (χ4v) is 5.17. The van der Waals surface area contributed by atoms with Crippen molar-refractivity contribution in [3.8, 4) is 0 Å². The molecule has 8 heteroatoms. The Morgan fingerprint density at radius 2 is 2.15 bits per heavy atom. The van der Waals surface area contributed by atoms with Crippen LogP contribution in [0.3, 0.4) is 0 Å². The number of halogens is 1. The number of fused-ring (bicyclic) bond motifs is 1. The second kappa shape index (κ2) is 12.1. The zero-order valence-electron chi connectivity index (χ0n) is 16.7. The molecule has 1 aromatic heterocycles. The molecule has 3 rings (SSSR count). The molecular weight excluding hydrogens is 471 g/mol. The maximum absolute atomic E-state index is 4.42. The lowest BCUT2D eigenvalue weighted by molar-refractivity contribution is 0.588. The van der Waals surface area contributed by atoms with Gasteiger partial charge in [-0.2, -0.15) is 11.8 Å². The summed E-state index contributed by atoms with van der Waals surface area (Å²) in [5.41, 5.74) is 0. The van der Waals surface area contributed by atoms with E-state index < -0.39 is 0 Å². The van der Waals surface area contributed by atoms with Gasteiger partial charge in [-0.15, -0.1) is 34.2 Å². The Bertz CT molecular complexity index is 591. The highest BCUT2D eigenvalue weighted by Gasteiger charge is 2.25. The van der Waals surface area contributed by atoms with Crippen molar-refractivity contribution in [2.45, 2.75) is 82.5 Å². The maximum Gasteiger partial charge on any atom is 0.191 e.